The lowest BCUT2D eigenvalue weighted by Gasteiger charge is -2.21. The number of guanidine groups is 1. The molecular weight excluding hydrogens is 329 g/mol. The second-order valence-electron chi connectivity index (χ2n) is 5.17. The third-order valence-electron chi connectivity index (χ3n) is 3.15. The maximum absolute atomic E-state index is 13.1. The Balaban J connectivity index is 1.85. The van der Waals surface area contributed by atoms with Crippen molar-refractivity contribution in [2.75, 3.05) is 26.0 Å². The summed E-state index contributed by atoms with van der Waals surface area (Å²) in [5.74, 6) is -0.0930. The van der Waals surface area contributed by atoms with E-state index in [0.29, 0.717) is 18.2 Å². The number of nitrogens with zero attached hydrogens (tertiary/aromatic N) is 3. The van der Waals surface area contributed by atoms with Crippen LogP contribution in [0.4, 0.5) is 10.1 Å². The number of carbonyl (C=O) groups is 1. The van der Waals surface area contributed by atoms with Crippen LogP contribution < -0.4 is 10.6 Å². The minimum Gasteiger partial charge on any atom is -0.347 e. The maximum atomic E-state index is 13.1. The predicted molar refractivity (Wildman–Crippen MR) is 94.7 cm³/mol. The fourth-order valence-corrected chi connectivity index (χ4v) is 2.72. The molecule has 2 N–H and O–H groups in total. The van der Waals surface area contributed by atoms with Gasteiger partial charge in [-0.15, -0.1) is 11.3 Å². The van der Waals surface area contributed by atoms with Gasteiger partial charge in [-0.2, -0.15) is 0 Å². The number of rotatable bonds is 5. The number of anilines is 1. The average molecular weight is 349 g/mol. The van der Waals surface area contributed by atoms with E-state index in [4.69, 9.17) is 0 Å². The highest BCUT2D eigenvalue weighted by atomic mass is 32.1. The Morgan fingerprint density at radius 2 is 2.25 bits per heavy atom. The number of hydrogen-bond acceptors (Lipinski definition) is 4. The first kappa shape index (κ1) is 17.9. The van der Waals surface area contributed by atoms with E-state index in [1.807, 2.05) is 24.3 Å². The van der Waals surface area contributed by atoms with Crippen LogP contribution >= 0.6 is 11.3 Å². The van der Waals surface area contributed by atoms with Gasteiger partial charge in [0, 0.05) is 25.2 Å². The minimum absolute atomic E-state index is 0.0314. The quantitative estimate of drug-likeness (QED) is 0.642. The van der Waals surface area contributed by atoms with Gasteiger partial charge in [0.05, 0.1) is 23.8 Å². The van der Waals surface area contributed by atoms with E-state index in [1.54, 1.807) is 30.5 Å². The van der Waals surface area contributed by atoms with E-state index in [2.05, 4.69) is 20.6 Å². The predicted octanol–water partition coefficient (Wildman–Crippen LogP) is 2.24. The van der Waals surface area contributed by atoms with Gasteiger partial charge in [-0.3, -0.25) is 9.79 Å². The Labute approximate surface area is 144 Å². The molecule has 1 heterocycles. The van der Waals surface area contributed by atoms with E-state index in [0.717, 1.165) is 10.7 Å². The summed E-state index contributed by atoms with van der Waals surface area (Å²) in [5.41, 5.74) is 1.37. The van der Waals surface area contributed by atoms with Crippen LogP contribution in [0.15, 0.2) is 34.6 Å². The first-order chi connectivity index (χ1) is 11.5. The molecule has 0 radical (unpaired) electrons. The Kier molecular flexibility index (Phi) is 6.25. The van der Waals surface area contributed by atoms with Crippen LogP contribution in [-0.2, 0) is 11.3 Å². The SMILES string of the molecule is CN=C(NCC(=O)Nc1cccc(F)c1)N(C)Cc1csc(C)n1. The lowest BCUT2D eigenvalue weighted by molar-refractivity contribution is -0.115. The van der Waals surface area contributed by atoms with Gasteiger partial charge in [-0.1, -0.05) is 6.07 Å². The van der Waals surface area contributed by atoms with Gasteiger partial charge in [0.15, 0.2) is 5.96 Å². The van der Waals surface area contributed by atoms with E-state index < -0.39 is 5.82 Å². The Morgan fingerprint density at radius 3 is 2.88 bits per heavy atom. The third-order valence-corrected chi connectivity index (χ3v) is 3.98. The second-order valence-corrected chi connectivity index (χ2v) is 6.24. The number of halogens is 1. The van der Waals surface area contributed by atoms with Crippen LogP contribution in [0, 0.1) is 12.7 Å². The molecule has 1 aromatic heterocycles. The molecule has 24 heavy (non-hydrogen) atoms. The number of aryl methyl sites for hydroxylation is 1. The summed E-state index contributed by atoms with van der Waals surface area (Å²) in [6.07, 6.45) is 0. The smallest absolute Gasteiger partial charge is 0.243 e. The van der Waals surface area contributed by atoms with Crippen molar-refractivity contribution in [3.05, 3.63) is 46.2 Å². The van der Waals surface area contributed by atoms with E-state index in [9.17, 15) is 9.18 Å². The summed E-state index contributed by atoms with van der Waals surface area (Å²) in [5, 5.41) is 8.61. The normalized spacial score (nSPS) is 11.2. The molecule has 0 aliphatic heterocycles. The van der Waals surface area contributed by atoms with Crippen molar-refractivity contribution in [2.45, 2.75) is 13.5 Å². The number of thiazole rings is 1. The molecule has 6 nitrogen and oxygen atoms in total. The lowest BCUT2D eigenvalue weighted by atomic mass is 10.3. The lowest BCUT2D eigenvalue weighted by Crippen LogP contribution is -2.42. The molecule has 0 aliphatic carbocycles. The molecule has 0 bridgehead atoms. The molecule has 2 rings (SSSR count). The molecule has 0 saturated heterocycles. The molecule has 1 aromatic carbocycles. The number of aliphatic imine (C=N–C) groups is 1. The molecule has 0 atom stereocenters. The van der Waals surface area contributed by atoms with Crippen molar-refractivity contribution in [2.24, 2.45) is 4.99 Å². The summed E-state index contributed by atoms with van der Waals surface area (Å²) in [7, 11) is 3.52. The molecule has 128 valence electrons. The van der Waals surface area contributed by atoms with Gasteiger partial charge in [-0.05, 0) is 25.1 Å². The molecule has 0 spiro atoms. The van der Waals surface area contributed by atoms with E-state index in [1.165, 1.54) is 12.1 Å². The summed E-state index contributed by atoms with van der Waals surface area (Å²) >= 11 is 1.59. The summed E-state index contributed by atoms with van der Waals surface area (Å²) < 4.78 is 13.1. The average Bonchev–Trinajstić information content (AvgIpc) is 2.93. The first-order valence-corrected chi connectivity index (χ1v) is 8.24. The Bertz CT molecular complexity index is 731. The van der Waals surface area contributed by atoms with Crippen molar-refractivity contribution in [1.29, 1.82) is 0 Å². The molecule has 2 aromatic rings. The van der Waals surface area contributed by atoms with Gasteiger partial charge in [-0.25, -0.2) is 9.37 Å². The highest BCUT2D eigenvalue weighted by Crippen LogP contribution is 2.10. The third kappa shape index (κ3) is 5.31. The number of aromatic nitrogens is 1. The number of hydrogen-bond donors (Lipinski definition) is 2. The first-order valence-electron chi connectivity index (χ1n) is 7.36. The van der Waals surface area contributed by atoms with Crippen LogP contribution in [0.2, 0.25) is 0 Å². The Hall–Kier alpha value is -2.48. The zero-order valence-electron chi connectivity index (χ0n) is 13.8. The topological polar surface area (TPSA) is 69.6 Å². The van der Waals surface area contributed by atoms with Gasteiger partial charge in [0.25, 0.3) is 0 Å². The van der Waals surface area contributed by atoms with Crippen molar-refractivity contribution in [3.8, 4) is 0 Å². The minimum atomic E-state index is -0.394. The zero-order valence-corrected chi connectivity index (χ0v) is 14.7. The zero-order chi connectivity index (χ0) is 17.5. The highest BCUT2D eigenvalue weighted by Gasteiger charge is 2.10. The van der Waals surface area contributed by atoms with Crippen molar-refractivity contribution in [3.63, 3.8) is 0 Å². The monoisotopic (exact) mass is 349 g/mol. The van der Waals surface area contributed by atoms with E-state index >= 15 is 0 Å². The maximum Gasteiger partial charge on any atom is 0.243 e. The van der Waals surface area contributed by atoms with Crippen molar-refractivity contribution < 1.29 is 9.18 Å². The highest BCUT2D eigenvalue weighted by molar-refractivity contribution is 7.09. The molecule has 8 heteroatoms. The van der Waals surface area contributed by atoms with Gasteiger partial charge < -0.3 is 15.5 Å². The summed E-state index contributed by atoms with van der Waals surface area (Å²) in [6, 6.07) is 5.77. The second kappa shape index (κ2) is 8.39. The Morgan fingerprint density at radius 1 is 1.46 bits per heavy atom. The molecule has 0 aliphatic rings. The van der Waals surface area contributed by atoms with Gasteiger partial charge >= 0.3 is 0 Å². The number of benzene rings is 1. The van der Waals surface area contributed by atoms with E-state index in [-0.39, 0.29) is 12.5 Å². The summed E-state index contributed by atoms with van der Waals surface area (Å²) in [4.78, 5) is 22.4. The van der Waals surface area contributed by atoms with Crippen LogP contribution in [0.3, 0.4) is 0 Å². The fourth-order valence-electron chi connectivity index (χ4n) is 2.11. The molecule has 0 saturated carbocycles. The van der Waals surface area contributed by atoms with Crippen molar-refractivity contribution in [1.82, 2.24) is 15.2 Å². The standard InChI is InChI=1S/C16H20FN5OS/c1-11-20-14(10-24-11)9-22(3)16(18-2)19-8-15(23)21-13-6-4-5-12(17)7-13/h4-7,10H,8-9H2,1-3H3,(H,18,19)(H,21,23). The van der Waals surface area contributed by atoms with Crippen LogP contribution in [0.5, 0.6) is 0 Å². The molecule has 0 fully saturated rings. The van der Waals surface area contributed by atoms with Crippen LogP contribution in [0.1, 0.15) is 10.7 Å². The largest absolute Gasteiger partial charge is 0.347 e. The number of amides is 1. The van der Waals surface area contributed by atoms with Crippen molar-refractivity contribution >= 4 is 28.9 Å². The van der Waals surface area contributed by atoms with Gasteiger partial charge in [0.2, 0.25) is 5.91 Å². The molecular formula is C16H20FN5OS. The number of carbonyl (C=O) groups excluding carboxylic acids is 1. The van der Waals surface area contributed by atoms with Gasteiger partial charge in [0.1, 0.15) is 5.82 Å². The fraction of sp³-hybridized carbons (Fsp3) is 0.312. The molecule has 1 amide bonds. The number of nitrogens with one attached hydrogen (secondary N) is 2. The van der Waals surface area contributed by atoms with Crippen LogP contribution in [0.25, 0.3) is 0 Å². The van der Waals surface area contributed by atoms with Crippen LogP contribution in [-0.4, -0.2) is 42.4 Å². The molecule has 0 unspecified atom stereocenters. The summed E-state index contributed by atoms with van der Waals surface area (Å²) in [6.45, 7) is 2.58.